The fraction of sp³-hybridized carbons (Fsp3) is 0.656. The smallest absolute Gasteiger partial charge is 0.219 e. The van der Waals surface area contributed by atoms with Crippen LogP contribution in [0.2, 0.25) is 0 Å². The first kappa shape index (κ1) is 27.8. The summed E-state index contributed by atoms with van der Waals surface area (Å²) < 4.78 is 0. The van der Waals surface area contributed by atoms with Crippen molar-refractivity contribution in [2.45, 2.75) is 115 Å². The van der Waals surface area contributed by atoms with E-state index in [0.717, 1.165) is 56.9 Å². The van der Waals surface area contributed by atoms with E-state index in [1.807, 2.05) is 12.2 Å². The molecule has 1 aliphatic heterocycles. The van der Waals surface area contributed by atoms with Gasteiger partial charge >= 0.3 is 0 Å². The number of carbonyl (C=O) groups excluding carboxylic acids is 3. The predicted octanol–water partition coefficient (Wildman–Crippen LogP) is 6.06. The quantitative estimate of drug-likeness (QED) is 0.316. The normalized spacial score (nSPS) is 29.5. The molecule has 1 saturated heterocycles. The van der Waals surface area contributed by atoms with E-state index >= 15 is 0 Å². The second-order valence-electron chi connectivity index (χ2n) is 11.4. The molecule has 5 heteroatoms. The van der Waals surface area contributed by atoms with Crippen molar-refractivity contribution in [3.63, 3.8) is 0 Å². The maximum Gasteiger partial charge on any atom is 0.219 e. The zero-order valence-electron chi connectivity index (χ0n) is 22.5. The van der Waals surface area contributed by atoms with Gasteiger partial charge in [0.2, 0.25) is 5.91 Å². The van der Waals surface area contributed by atoms with Crippen LogP contribution < -0.4 is 10.6 Å². The van der Waals surface area contributed by atoms with Crippen LogP contribution in [-0.2, 0) is 14.4 Å². The van der Waals surface area contributed by atoms with Crippen LogP contribution in [0.25, 0.3) is 0 Å². The first-order valence-corrected chi connectivity index (χ1v) is 15.0. The van der Waals surface area contributed by atoms with Gasteiger partial charge in [-0.05, 0) is 56.1 Å². The number of nitrogens with one attached hydrogen (secondary N) is 2. The molecule has 2 N–H and O–H groups in total. The summed E-state index contributed by atoms with van der Waals surface area (Å²) in [5.41, 5.74) is 2.28. The van der Waals surface area contributed by atoms with Gasteiger partial charge in [0.25, 0.3) is 0 Å². The second kappa shape index (κ2) is 14.6. The highest BCUT2D eigenvalue weighted by Gasteiger charge is 2.45. The number of unbranched alkanes of at least 4 members (excludes halogenated alkanes) is 3. The average Bonchev–Trinajstić information content (AvgIpc) is 3.26. The summed E-state index contributed by atoms with van der Waals surface area (Å²) in [6, 6.07) is -0.0138. The van der Waals surface area contributed by atoms with Gasteiger partial charge in [0.05, 0.1) is 12.0 Å². The van der Waals surface area contributed by atoms with Crippen LogP contribution in [0, 0.1) is 11.8 Å². The van der Waals surface area contributed by atoms with Crippen LogP contribution in [0.15, 0.2) is 47.6 Å². The van der Waals surface area contributed by atoms with Crippen molar-refractivity contribution in [3.05, 3.63) is 47.6 Å². The van der Waals surface area contributed by atoms with Crippen LogP contribution in [0.5, 0.6) is 0 Å². The number of hydrogen-bond acceptors (Lipinski definition) is 4. The van der Waals surface area contributed by atoms with E-state index in [4.69, 9.17) is 0 Å². The molecule has 1 amide bonds. The van der Waals surface area contributed by atoms with Crippen LogP contribution >= 0.6 is 0 Å². The largest absolute Gasteiger partial charge is 0.356 e. The number of ketones is 2. The minimum Gasteiger partial charge on any atom is -0.356 e. The molecule has 2 bridgehead atoms. The Kier molecular flexibility index (Phi) is 11.0. The molecule has 1 heterocycles. The molecule has 1 saturated carbocycles. The summed E-state index contributed by atoms with van der Waals surface area (Å²) in [6.45, 7) is 0.661. The van der Waals surface area contributed by atoms with Crippen molar-refractivity contribution in [1.82, 2.24) is 10.6 Å². The van der Waals surface area contributed by atoms with Crippen molar-refractivity contribution < 1.29 is 14.4 Å². The molecule has 5 nitrogen and oxygen atoms in total. The molecule has 3 aliphatic carbocycles. The van der Waals surface area contributed by atoms with E-state index in [1.165, 1.54) is 44.1 Å². The van der Waals surface area contributed by atoms with Gasteiger partial charge < -0.3 is 5.32 Å². The number of Topliss-reactive ketones (excluding diaryl/α,β-unsaturated/α-hetero) is 2. The third-order valence-corrected chi connectivity index (χ3v) is 8.62. The molecule has 0 aromatic carbocycles. The molecular weight excluding hydrogens is 460 g/mol. The molecule has 0 aromatic heterocycles. The predicted molar refractivity (Wildman–Crippen MR) is 149 cm³/mol. The number of carbonyl (C=O) groups is 3. The van der Waals surface area contributed by atoms with Crippen molar-refractivity contribution in [3.8, 4) is 0 Å². The van der Waals surface area contributed by atoms with Crippen molar-refractivity contribution in [2.24, 2.45) is 11.8 Å². The van der Waals surface area contributed by atoms with Gasteiger partial charge in [0, 0.05) is 31.3 Å². The zero-order chi connectivity index (χ0) is 25.9. The Hall–Kier alpha value is -2.27. The first-order chi connectivity index (χ1) is 18.1. The molecule has 0 aromatic rings. The lowest BCUT2D eigenvalue weighted by molar-refractivity contribution is -0.123. The monoisotopic (exact) mass is 506 g/mol. The zero-order valence-corrected chi connectivity index (χ0v) is 22.5. The molecule has 0 spiro atoms. The molecular formula is C32H46N2O3. The number of rotatable bonds is 12. The van der Waals surface area contributed by atoms with Gasteiger partial charge in [-0.3, -0.25) is 19.7 Å². The van der Waals surface area contributed by atoms with Gasteiger partial charge in [-0.25, -0.2) is 0 Å². The fourth-order valence-corrected chi connectivity index (χ4v) is 6.41. The Bertz CT molecular complexity index is 918. The molecule has 3 atom stereocenters. The minimum absolute atomic E-state index is 0.0672. The van der Waals surface area contributed by atoms with Gasteiger partial charge in [-0.15, -0.1) is 0 Å². The molecule has 37 heavy (non-hydrogen) atoms. The highest BCUT2D eigenvalue weighted by molar-refractivity contribution is 5.93. The first-order valence-electron chi connectivity index (χ1n) is 15.0. The minimum atomic E-state index is -0.106. The Balaban J connectivity index is 1.03. The lowest BCUT2D eigenvalue weighted by Gasteiger charge is -2.25. The highest BCUT2D eigenvalue weighted by atomic mass is 16.1. The lowest BCUT2D eigenvalue weighted by atomic mass is 9.80. The molecule has 202 valence electrons. The lowest BCUT2D eigenvalue weighted by Crippen LogP contribution is -2.34. The molecule has 0 radical (unpaired) electrons. The number of hydrogen-bond donors (Lipinski definition) is 2. The summed E-state index contributed by atoms with van der Waals surface area (Å²) in [5.74, 6) is 1.08. The molecule has 3 unspecified atom stereocenters. The average molecular weight is 507 g/mol. The van der Waals surface area contributed by atoms with E-state index in [-0.39, 0.29) is 29.8 Å². The van der Waals surface area contributed by atoms with E-state index in [1.54, 1.807) is 0 Å². The van der Waals surface area contributed by atoms with E-state index in [9.17, 15) is 14.4 Å². The van der Waals surface area contributed by atoms with Crippen LogP contribution in [0.3, 0.4) is 0 Å². The standard InChI is InChI=1S/C32H46N2O3/c35-28(24-14-6-3-1-2-4-7-15-24)19-8-5-9-20-29(36)33-23-13-12-18-27-32(37)30-25-16-10-11-17-26(22-21-25)31(30)34-27/h10-11,16-17,21-22,24,27,30-31,34H,1-9,12-15,18-20,23H2,(H,33,36)/b11-10-,16-10?,17-11?,25-16+,26-17+. The van der Waals surface area contributed by atoms with Crippen LogP contribution in [-0.4, -0.2) is 36.1 Å². The summed E-state index contributed by atoms with van der Waals surface area (Å²) in [5, 5.41) is 6.60. The summed E-state index contributed by atoms with van der Waals surface area (Å²) >= 11 is 0. The fourth-order valence-electron chi connectivity index (χ4n) is 6.41. The highest BCUT2D eigenvalue weighted by Crippen LogP contribution is 2.36. The Labute approximate surface area is 223 Å². The number of amides is 1. The topological polar surface area (TPSA) is 75.3 Å². The summed E-state index contributed by atoms with van der Waals surface area (Å²) in [6.07, 6.45) is 28.7. The second-order valence-corrected chi connectivity index (χ2v) is 11.4. The van der Waals surface area contributed by atoms with E-state index in [2.05, 4.69) is 34.9 Å². The third-order valence-electron chi connectivity index (χ3n) is 8.62. The van der Waals surface area contributed by atoms with Crippen molar-refractivity contribution in [2.75, 3.05) is 6.54 Å². The van der Waals surface area contributed by atoms with Crippen LogP contribution in [0.4, 0.5) is 0 Å². The van der Waals surface area contributed by atoms with Gasteiger partial charge in [-0.2, -0.15) is 0 Å². The Morgan fingerprint density at radius 1 is 0.811 bits per heavy atom. The molecule has 4 aliphatic rings. The van der Waals surface area contributed by atoms with E-state index < -0.39 is 0 Å². The molecule has 2 fully saturated rings. The molecule has 4 rings (SSSR count). The van der Waals surface area contributed by atoms with Gasteiger partial charge in [0.15, 0.2) is 5.78 Å². The Morgan fingerprint density at radius 2 is 1.49 bits per heavy atom. The third kappa shape index (κ3) is 8.10. The summed E-state index contributed by atoms with van der Waals surface area (Å²) in [7, 11) is 0. The van der Waals surface area contributed by atoms with Crippen molar-refractivity contribution in [1.29, 1.82) is 0 Å². The van der Waals surface area contributed by atoms with Crippen LogP contribution in [0.1, 0.15) is 103 Å². The van der Waals surface area contributed by atoms with Gasteiger partial charge in [0.1, 0.15) is 5.78 Å². The number of allylic oxidation sites excluding steroid dienone is 5. The maximum atomic E-state index is 13.0. The SMILES string of the molecule is O=C(CCCCCC(=O)C1CCCCCCCC1)NCCCCC1NC2/C3=C/C=C\C=C(C=C3)\C2C1=O. The summed E-state index contributed by atoms with van der Waals surface area (Å²) in [4.78, 5) is 37.9. The van der Waals surface area contributed by atoms with Crippen molar-refractivity contribution >= 4 is 17.5 Å². The van der Waals surface area contributed by atoms with E-state index in [0.29, 0.717) is 31.0 Å². The maximum absolute atomic E-state index is 13.0. The van der Waals surface area contributed by atoms with Gasteiger partial charge in [-0.1, -0.05) is 81.4 Å². The Morgan fingerprint density at radius 3 is 2.27 bits per heavy atom.